The Balaban J connectivity index is 1.84. The summed E-state index contributed by atoms with van der Waals surface area (Å²) < 4.78 is 10.7. The summed E-state index contributed by atoms with van der Waals surface area (Å²) in [7, 11) is 0. The Bertz CT molecular complexity index is 625. The number of hydrogen-bond acceptors (Lipinski definition) is 4. The van der Waals surface area contributed by atoms with Crippen molar-refractivity contribution in [2.24, 2.45) is 5.73 Å². The third-order valence-electron chi connectivity index (χ3n) is 2.93. The molecule has 1 aromatic carbocycles. The van der Waals surface area contributed by atoms with Crippen LogP contribution in [0.15, 0.2) is 34.9 Å². The van der Waals surface area contributed by atoms with Gasteiger partial charge in [0.15, 0.2) is 0 Å². The number of benzene rings is 1. The topological polar surface area (TPSA) is 77.5 Å². The van der Waals surface area contributed by atoms with E-state index in [-0.39, 0.29) is 12.5 Å². The van der Waals surface area contributed by atoms with E-state index < -0.39 is 6.04 Å². The van der Waals surface area contributed by atoms with E-state index in [2.05, 4.69) is 5.32 Å². The second-order valence-corrected chi connectivity index (χ2v) is 4.61. The van der Waals surface area contributed by atoms with E-state index in [1.54, 1.807) is 30.5 Å². The normalized spacial score (nSPS) is 17.2. The van der Waals surface area contributed by atoms with Crippen molar-refractivity contribution in [2.75, 3.05) is 5.32 Å². The Morgan fingerprint density at radius 3 is 3.05 bits per heavy atom. The van der Waals surface area contributed by atoms with Crippen LogP contribution in [0.2, 0.25) is 5.02 Å². The van der Waals surface area contributed by atoms with Crippen LogP contribution < -0.4 is 15.8 Å². The molecule has 2 heterocycles. The highest BCUT2D eigenvalue weighted by atomic mass is 35.5. The minimum atomic E-state index is -0.674. The molecule has 1 amide bonds. The lowest BCUT2D eigenvalue weighted by Gasteiger charge is -2.09. The largest absolute Gasteiger partial charge is 0.484 e. The van der Waals surface area contributed by atoms with Crippen LogP contribution >= 0.6 is 11.6 Å². The van der Waals surface area contributed by atoms with Crippen LogP contribution in [0.5, 0.6) is 5.75 Å². The molecule has 2 aromatic rings. The van der Waals surface area contributed by atoms with Gasteiger partial charge in [-0.15, -0.1) is 0 Å². The third kappa shape index (κ3) is 2.18. The van der Waals surface area contributed by atoms with Crippen molar-refractivity contribution in [1.29, 1.82) is 0 Å². The SMILES string of the molecule is NC1C(=O)Nc2cc(OCc3ccco3)c(Cl)cc21. The quantitative estimate of drug-likeness (QED) is 0.904. The number of fused-ring (bicyclic) bond motifs is 1. The lowest BCUT2D eigenvalue weighted by molar-refractivity contribution is -0.116. The Hall–Kier alpha value is -1.98. The van der Waals surface area contributed by atoms with E-state index in [1.165, 1.54) is 0 Å². The van der Waals surface area contributed by atoms with Gasteiger partial charge in [0.05, 0.1) is 11.3 Å². The number of ether oxygens (including phenoxy) is 1. The van der Waals surface area contributed by atoms with Gasteiger partial charge in [-0.2, -0.15) is 0 Å². The fraction of sp³-hybridized carbons (Fsp3) is 0.154. The Labute approximate surface area is 114 Å². The van der Waals surface area contributed by atoms with Gasteiger partial charge in [0, 0.05) is 17.3 Å². The third-order valence-corrected chi connectivity index (χ3v) is 3.22. The number of halogens is 1. The van der Waals surface area contributed by atoms with E-state index >= 15 is 0 Å². The zero-order chi connectivity index (χ0) is 13.4. The minimum Gasteiger partial charge on any atom is -0.484 e. The van der Waals surface area contributed by atoms with Crippen molar-refractivity contribution in [1.82, 2.24) is 0 Å². The average Bonchev–Trinajstić information content (AvgIpc) is 2.98. The predicted octanol–water partition coefficient (Wildman–Crippen LogP) is 2.46. The van der Waals surface area contributed by atoms with E-state index in [9.17, 15) is 4.79 Å². The van der Waals surface area contributed by atoms with Gasteiger partial charge in [-0.1, -0.05) is 11.6 Å². The minimum absolute atomic E-state index is 0.241. The van der Waals surface area contributed by atoms with Crippen LogP contribution in [0.1, 0.15) is 17.4 Å². The zero-order valence-corrected chi connectivity index (χ0v) is 10.6. The molecule has 1 aliphatic heterocycles. The maximum absolute atomic E-state index is 11.5. The zero-order valence-electron chi connectivity index (χ0n) is 9.85. The van der Waals surface area contributed by atoms with Gasteiger partial charge in [-0.25, -0.2) is 0 Å². The van der Waals surface area contributed by atoms with Crippen LogP contribution in [0.25, 0.3) is 0 Å². The molecular weight excluding hydrogens is 268 g/mol. The molecule has 1 aromatic heterocycles. The van der Waals surface area contributed by atoms with Crippen molar-refractivity contribution < 1.29 is 13.9 Å². The molecule has 5 nitrogen and oxygen atoms in total. The van der Waals surface area contributed by atoms with Gasteiger partial charge in [0.2, 0.25) is 5.91 Å². The molecule has 3 N–H and O–H groups in total. The van der Waals surface area contributed by atoms with Gasteiger partial charge in [0.1, 0.15) is 24.2 Å². The first-order valence-corrected chi connectivity index (χ1v) is 6.08. The van der Waals surface area contributed by atoms with E-state index in [0.29, 0.717) is 27.8 Å². The standard InChI is InChI=1S/C13H11ClN2O3/c14-9-4-8-10(16-13(17)12(8)15)5-11(9)19-6-7-2-1-3-18-7/h1-5,12H,6,15H2,(H,16,17). The summed E-state index contributed by atoms with van der Waals surface area (Å²) in [4.78, 5) is 11.5. The highest BCUT2D eigenvalue weighted by molar-refractivity contribution is 6.32. The van der Waals surface area contributed by atoms with Crippen molar-refractivity contribution in [3.05, 3.63) is 46.9 Å². The van der Waals surface area contributed by atoms with Crippen LogP contribution in [0.4, 0.5) is 5.69 Å². The van der Waals surface area contributed by atoms with Gasteiger partial charge in [-0.3, -0.25) is 4.79 Å². The second kappa shape index (κ2) is 4.60. The van der Waals surface area contributed by atoms with Crippen molar-refractivity contribution in [2.45, 2.75) is 12.6 Å². The van der Waals surface area contributed by atoms with Crippen molar-refractivity contribution in [3.63, 3.8) is 0 Å². The molecule has 0 bridgehead atoms. The van der Waals surface area contributed by atoms with Crippen molar-refractivity contribution >= 4 is 23.2 Å². The molecule has 1 unspecified atom stereocenters. The molecular formula is C13H11ClN2O3. The Morgan fingerprint density at radius 2 is 2.32 bits per heavy atom. The number of nitrogens with two attached hydrogens (primary N) is 1. The molecule has 19 heavy (non-hydrogen) atoms. The van der Waals surface area contributed by atoms with E-state index in [1.807, 2.05) is 0 Å². The van der Waals surface area contributed by atoms with Crippen LogP contribution in [0.3, 0.4) is 0 Å². The molecule has 0 spiro atoms. The molecule has 1 atom stereocenters. The number of amides is 1. The van der Waals surface area contributed by atoms with E-state index in [4.69, 9.17) is 26.5 Å². The molecule has 6 heteroatoms. The number of carbonyl (C=O) groups excluding carboxylic acids is 1. The molecule has 0 fully saturated rings. The summed E-state index contributed by atoms with van der Waals surface area (Å²) in [5, 5.41) is 3.10. The first-order chi connectivity index (χ1) is 9.15. The molecule has 3 rings (SSSR count). The lowest BCUT2D eigenvalue weighted by atomic mass is 10.1. The number of furan rings is 1. The predicted molar refractivity (Wildman–Crippen MR) is 70.1 cm³/mol. The highest BCUT2D eigenvalue weighted by Crippen LogP contribution is 2.37. The van der Waals surface area contributed by atoms with Gasteiger partial charge < -0.3 is 20.2 Å². The number of hydrogen-bond donors (Lipinski definition) is 2. The molecule has 1 aliphatic rings. The first-order valence-electron chi connectivity index (χ1n) is 5.70. The van der Waals surface area contributed by atoms with Gasteiger partial charge in [0.25, 0.3) is 0 Å². The molecule has 0 aliphatic carbocycles. The molecule has 98 valence electrons. The Morgan fingerprint density at radius 1 is 1.47 bits per heavy atom. The number of anilines is 1. The van der Waals surface area contributed by atoms with Crippen LogP contribution in [-0.4, -0.2) is 5.91 Å². The maximum atomic E-state index is 11.5. The summed E-state index contributed by atoms with van der Waals surface area (Å²) in [6.07, 6.45) is 1.57. The monoisotopic (exact) mass is 278 g/mol. The first kappa shape index (κ1) is 12.1. The Kier molecular flexibility index (Phi) is 2.93. The summed E-state index contributed by atoms with van der Waals surface area (Å²) in [6.45, 7) is 0.269. The highest BCUT2D eigenvalue weighted by Gasteiger charge is 2.28. The fourth-order valence-electron chi connectivity index (χ4n) is 1.94. The van der Waals surface area contributed by atoms with Crippen LogP contribution in [-0.2, 0) is 11.4 Å². The lowest BCUT2D eigenvalue weighted by Crippen LogP contribution is -2.19. The van der Waals surface area contributed by atoms with Crippen molar-refractivity contribution in [3.8, 4) is 5.75 Å². The number of carbonyl (C=O) groups is 1. The summed E-state index contributed by atoms with van der Waals surface area (Å²) in [5.41, 5.74) is 7.05. The summed E-state index contributed by atoms with van der Waals surface area (Å²) in [6, 6.07) is 6.23. The number of nitrogens with one attached hydrogen (secondary N) is 1. The summed E-state index contributed by atoms with van der Waals surface area (Å²) in [5.74, 6) is 0.928. The maximum Gasteiger partial charge on any atom is 0.245 e. The second-order valence-electron chi connectivity index (χ2n) is 4.20. The van der Waals surface area contributed by atoms with Gasteiger partial charge in [-0.05, 0) is 18.2 Å². The fourth-order valence-corrected chi connectivity index (χ4v) is 2.17. The molecule has 0 radical (unpaired) electrons. The number of rotatable bonds is 3. The van der Waals surface area contributed by atoms with E-state index in [0.717, 1.165) is 0 Å². The average molecular weight is 279 g/mol. The van der Waals surface area contributed by atoms with Gasteiger partial charge >= 0.3 is 0 Å². The van der Waals surface area contributed by atoms with Crippen LogP contribution in [0, 0.1) is 0 Å². The molecule has 0 saturated heterocycles. The summed E-state index contributed by atoms with van der Waals surface area (Å²) >= 11 is 6.11. The molecule has 0 saturated carbocycles. The smallest absolute Gasteiger partial charge is 0.245 e.